The summed E-state index contributed by atoms with van der Waals surface area (Å²) in [5.41, 5.74) is -3.14. The van der Waals surface area contributed by atoms with Gasteiger partial charge >= 0.3 is 18.4 Å². The summed E-state index contributed by atoms with van der Waals surface area (Å²) in [4.78, 5) is 29.8. The first-order chi connectivity index (χ1) is 16.4. The minimum Gasteiger partial charge on any atom is -0.453 e. The van der Waals surface area contributed by atoms with Gasteiger partial charge in [0.2, 0.25) is 5.91 Å². The van der Waals surface area contributed by atoms with Crippen LogP contribution in [0.1, 0.15) is 16.7 Å². The molecule has 194 valence electrons. The number of nitrogens with one attached hydrogen (secondary N) is 1. The fraction of sp³-hybridized carbons (Fsp3) is 0.545. The molecule has 2 aliphatic heterocycles. The third kappa shape index (κ3) is 7.10. The van der Waals surface area contributed by atoms with Gasteiger partial charge in [-0.3, -0.25) is 14.6 Å². The van der Waals surface area contributed by atoms with Crippen LogP contribution in [-0.4, -0.2) is 85.7 Å². The lowest BCUT2D eigenvalue weighted by Gasteiger charge is -2.35. The zero-order valence-corrected chi connectivity index (χ0v) is 19.0. The zero-order valence-electron chi connectivity index (χ0n) is 19.0. The second kappa shape index (κ2) is 10.9. The van der Waals surface area contributed by atoms with Crippen LogP contribution in [0, 0.1) is 0 Å². The summed E-state index contributed by atoms with van der Waals surface area (Å²) in [5, 5.41) is 2.45. The van der Waals surface area contributed by atoms with Gasteiger partial charge in [-0.15, -0.1) is 0 Å². The lowest BCUT2D eigenvalue weighted by Crippen LogP contribution is -2.51. The first-order valence-electron chi connectivity index (χ1n) is 10.9. The number of carbonyl (C=O) groups excluding carboxylic acids is 2. The fourth-order valence-corrected chi connectivity index (χ4v) is 4.01. The average molecular weight is 508 g/mol. The molecule has 1 N–H and O–H groups in total. The summed E-state index contributed by atoms with van der Waals surface area (Å²) >= 11 is 0. The number of benzene rings is 1. The Labute approximate surface area is 198 Å². The van der Waals surface area contributed by atoms with Gasteiger partial charge in [0.25, 0.3) is 0 Å². The molecule has 1 saturated heterocycles. The molecule has 1 fully saturated rings. The van der Waals surface area contributed by atoms with Crippen molar-refractivity contribution in [2.75, 3.05) is 52.9 Å². The maximum absolute atomic E-state index is 13.0. The molecule has 0 aromatic heterocycles. The van der Waals surface area contributed by atoms with Crippen LogP contribution >= 0.6 is 0 Å². The summed E-state index contributed by atoms with van der Waals surface area (Å²) in [6, 6.07) is 0.578. The molecule has 1 aromatic carbocycles. The number of hydrogen-bond donors (Lipinski definition) is 1. The molecule has 1 aromatic rings. The number of piperazine rings is 1. The van der Waals surface area contributed by atoms with E-state index in [9.17, 15) is 35.9 Å². The highest BCUT2D eigenvalue weighted by molar-refractivity contribution is 5.84. The van der Waals surface area contributed by atoms with E-state index in [1.807, 2.05) is 4.90 Å². The van der Waals surface area contributed by atoms with Crippen LogP contribution in [0.25, 0.3) is 0 Å². The normalized spacial score (nSPS) is 19.7. The smallest absolute Gasteiger partial charge is 0.416 e. The van der Waals surface area contributed by atoms with E-state index in [4.69, 9.17) is 4.74 Å². The number of alkyl halides is 6. The van der Waals surface area contributed by atoms with E-state index in [-0.39, 0.29) is 17.7 Å². The van der Waals surface area contributed by atoms with Gasteiger partial charge in [0, 0.05) is 52.4 Å². The number of ether oxygens (including phenoxy) is 1. The van der Waals surface area contributed by atoms with Crippen LogP contribution < -0.4 is 5.32 Å². The molecule has 0 radical (unpaired) electrons. The highest BCUT2D eigenvalue weighted by atomic mass is 19.4. The monoisotopic (exact) mass is 508 g/mol. The first kappa shape index (κ1) is 26.8. The zero-order chi connectivity index (χ0) is 25.8. The van der Waals surface area contributed by atoms with Crippen molar-refractivity contribution in [3.8, 4) is 0 Å². The number of hydrogen-bond acceptors (Lipinski definition) is 5. The van der Waals surface area contributed by atoms with Crippen molar-refractivity contribution in [3.05, 3.63) is 47.0 Å². The molecule has 7 nitrogen and oxygen atoms in total. The maximum Gasteiger partial charge on any atom is 0.416 e. The Morgan fingerprint density at radius 1 is 0.971 bits per heavy atom. The minimum absolute atomic E-state index is 0.0533. The van der Waals surface area contributed by atoms with Crippen LogP contribution in [0.5, 0.6) is 0 Å². The molecule has 2 amide bonds. The summed E-state index contributed by atoms with van der Waals surface area (Å²) in [6.45, 7) is 3.49. The highest BCUT2D eigenvalue weighted by Gasteiger charge is 2.37. The SMILES string of the molecule is COC(=O)N1CCN(CCN2CC=C[C@H]2C(=O)NCc2cc(C(F)(F)F)cc(C(F)(F)F)c2)CC1. The predicted octanol–water partition coefficient (Wildman–Crippen LogP) is 2.96. The van der Waals surface area contributed by atoms with Crippen LogP contribution in [0.4, 0.5) is 31.1 Å². The molecule has 0 spiro atoms. The molecule has 0 unspecified atom stereocenters. The van der Waals surface area contributed by atoms with Crippen molar-refractivity contribution in [2.45, 2.75) is 24.9 Å². The Morgan fingerprint density at radius 3 is 2.11 bits per heavy atom. The second-order valence-corrected chi connectivity index (χ2v) is 8.30. The van der Waals surface area contributed by atoms with Gasteiger partial charge in [0.15, 0.2) is 0 Å². The largest absolute Gasteiger partial charge is 0.453 e. The van der Waals surface area contributed by atoms with E-state index in [0.717, 1.165) is 0 Å². The highest BCUT2D eigenvalue weighted by Crippen LogP contribution is 2.36. The van der Waals surface area contributed by atoms with E-state index >= 15 is 0 Å². The van der Waals surface area contributed by atoms with Crippen LogP contribution in [0.2, 0.25) is 0 Å². The molecule has 2 heterocycles. The van der Waals surface area contributed by atoms with Crippen molar-refractivity contribution < 1.29 is 40.7 Å². The quantitative estimate of drug-likeness (QED) is 0.473. The van der Waals surface area contributed by atoms with E-state index in [0.29, 0.717) is 57.9 Å². The van der Waals surface area contributed by atoms with Gasteiger partial charge < -0.3 is 15.0 Å². The molecule has 3 rings (SSSR count). The first-order valence-corrected chi connectivity index (χ1v) is 10.9. The fourth-order valence-electron chi connectivity index (χ4n) is 4.01. The third-order valence-corrected chi connectivity index (χ3v) is 5.94. The molecule has 0 aliphatic carbocycles. The molecule has 0 bridgehead atoms. The van der Waals surface area contributed by atoms with E-state index in [1.54, 1.807) is 17.1 Å². The number of halogens is 6. The summed E-state index contributed by atoms with van der Waals surface area (Å²) < 4.78 is 83.0. The van der Waals surface area contributed by atoms with Gasteiger partial charge in [0.05, 0.1) is 18.2 Å². The number of nitrogens with zero attached hydrogens (tertiary/aromatic N) is 3. The molecule has 13 heteroatoms. The van der Waals surface area contributed by atoms with Gasteiger partial charge in [-0.25, -0.2) is 4.79 Å². The van der Waals surface area contributed by atoms with Crippen molar-refractivity contribution >= 4 is 12.0 Å². The molecular formula is C22H26F6N4O3. The summed E-state index contributed by atoms with van der Waals surface area (Å²) in [5.74, 6) is -0.514. The van der Waals surface area contributed by atoms with Gasteiger partial charge in [-0.2, -0.15) is 26.3 Å². The van der Waals surface area contributed by atoms with E-state index in [1.165, 1.54) is 7.11 Å². The predicted molar refractivity (Wildman–Crippen MR) is 113 cm³/mol. The molecule has 1 atom stereocenters. The number of methoxy groups -OCH3 is 1. The molecule has 35 heavy (non-hydrogen) atoms. The molecular weight excluding hydrogens is 482 g/mol. The molecule has 2 aliphatic rings. The summed E-state index contributed by atoms with van der Waals surface area (Å²) in [7, 11) is 1.32. The van der Waals surface area contributed by atoms with Gasteiger partial charge in [-0.1, -0.05) is 12.2 Å². The standard InChI is InChI=1S/C22H26F6N4O3/c1-35-20(34)32-9-6-30(7-10-32)5-8-31-4-2-3-18(31)19(33)29-14-15-11-16(21(23,24)25)13-17(12-15)22(26,27)28/h2-3,11-13,18H,4-10,14H2,1H3,(H,29,33)/t18-/m0/s1. The van der Waals surface area contributed by atoms with Gasteiger partial charge in [-0.05, 0) is 23.8 Å². The van der Waals surface area contributed by atoms with Crippen LogP contribution in [-0.2, 0) is 28.4 Å². The third-order valence-electron chi connectivity index (χ3n) is 5.94. The van der Waals surface area contributed by atoms with Crippen molar-refractivity contribution in [1.82, 2.24) is 20.0 Å². The van der Waals surface area contributed by atoms with Crippen molar-refractivity contribution in [3.63, 3.8) is 0 Å². The van der Waals surface area contributed by atoms with Crippen LogP contribution in [0.15, 0.2) is 30.4 Å². The Hall–Kier alpha value is -2.80. The Balaban J connectivity index is 1.55. The minimum atomic E-state index is -4.95. The van der Waals surface area contributed by atoms with Crippen LogP contribution in [0.3, 0.4) is 0 Å². The number of carbonyl (C=O) groups is 2. The van der Waals surface area contributed by atoms with E-state index in [2.05, 4.69) is 10.2 Å². The lowest BCUT2D eigenvalue weighted by molar-refractivity contribution is -0.143. The average Bonchev–Trinajstić information content (AvgIpc) is 3.28. The lowest BCUT2D eigenvalue weighted by atomic mass is 10.0. The second-order valence-electron chi connectivity index (χ2n) is 8.30. The number of amides is 2. The van der Waals surface area contributed by atoms with Crippen molar-refractivity contribution in [2.24, 2.45) is 0 Å². The Kier molecular flexibility index (Phi) is 8.31. The number of rotatable bonds is 6. The molecule has 0 saturated carbocycles. The van der Waals surface area contributed by atoms with Crippen molar-refractivity contribution in [1.29, 1.82) is 0 Å². The Morgan fingerprint density at radius 2 is 1.57 bits per heavy atom. The van der Waals surface area contributed by atoms with E-state index < -0.39 is 42.0 Å². The van der Waals surface area contributed by atoms with Gasteiger partial charge in [0.1, 0.15) is 6.04 Å². The maximum atomic E-state index is 13.0. The Bertz CT molecular complexity index is 910. The topological polar surface area (TPSA) is 65.1 Å². The summed E-state index contributed by atoms with van der Waals surface area (Å²) in [6.07, 6.45) is -6.85.